The van der Waals surface area contributed by atoms with Gasteiger partial charge in [0.25, 0.3) is 0 Å². The van der Waals surface area contributed by atoms with Crippen molar-refractivity contribution in [3.8, 4) is 5.75 Å². The summed E-state index contributed by atoms with van der Waals surface area (Å²) in [5.74, 6) is 0.654. The summed E-state index contributed by atoms with van der Waals surface area (Å²) in [7, 11) is 0. The van der Waals surface area contributed by atoms with Gasteiger partial charge in [0.2, 0.25) is 0 Å². The van der Waals surface area contributed by atoms with Crippen LogP contribution in [0.4, 0.5) is 4.39 Å². The molecule has 2 aromatic rings. The van der Waals surface area contributed by atoms with Crippen LogP contribution in [-0.2, 0) is 6.42 Å². The van der Waals surface area contributed by atoms with Gasteiger partial charge >= 0.3 is 0 Å². The maximum Gasteiger partial charge on any atom is 0.124 e. The van der Waals surface area contributed by atoms with E-state index < -0.39 is 0 Å². The number of rotatable bonds is 1. The molecule has 3 rings (SSSR count). The van der Waals surface area contributed by atoms with Crippen LogP contribution in [0.15, 0.2) is 42.5 Å². The molecule has 0 saturated carbocycles. The fraction of sp³-hybridized carbons (Fsp3) is 0.200. The Hall–Kier alpha value is -1.54. The lowest BCUT2D eigenvalue weighted by molar-refractivity contribution is 0.176. The molecular formula is C15H12ClFO. The van der Waals surface area contributed by atoms with Gasteiger partial charge in [-0.05, 0) is 54.3 Å². The number of ether oxygens (including phenoxy) is 1. The summed E-state index contributed by atoms with van der Waals surface area (Å²) >= 11 is 5.95. The van der Waals surface area contributed by atoms with E-state index in [2.05, 4.69) is 0 Å². The highest BCUT2D eigenvalue weighted by molar-refractivity contribution is 6.30. The third kappa shape index (κ3) is 2.21. The lowest BCUT2D eigenvalue weighted by Gasteiger charge is -2.26. The fourth-order valence-electron chi connectivity index (χ4n) is 2.27. The monoisotopic (exact) mass is 262 g/mol. The summed E-state index contributed by atoms with van der Waals surface area (Å²) < 4.78 is 18.8. The normalized spacial score (nSPS) is 18.0. The average molecular weight is 263 g/mol. The van der Waals surface area contributed by atoms with Gasteiger partial charge in [-0.25, -0.2) is 4.39 Å². The van der Waals surface area contributed by atoms with E-state index in [-0.39, 0.29) is 11.9 Å². The van der Waals surface area contributed by atoms with Gasteiger partial charge in [0.1, 0.15) is 17.7 Å². The number of hydrogen-bond acceptors (Lipinski definition) is 1. The second-order valence-corrected chi connectivity index (χ2v) is 4.89. The molecule has 1 nitrogen and oxygen atoms in total. The van der Waals surface area contributed by atoms with Crippen molar-refractivity contribution in [2.24, 2.45) is 0 Å². The summed E-state index contributed by atoms with van der Waals surface area (Å²) in [4.78, 5) is 0. The van der Waals surface area contributed by atoms with Crippen LogP contribution in [0, 0.1) is 5.82 Å². The second kappa shape index (κ2) is 4.62. The minimum Gasteiger partial charge on any atom is -0.485 e. The summed E-state index contributed by atoms with van der Waals surface area (Å²) in [5, 5.41) is 0.734. The molecular weight excluding hydrogens is 251 g/mol. The molecule has 0 radical (unpaired) electrons. The fourth-order valence-corrected chi connectivity index (χ4v) is 2.46. The number of benzene rings is 2. The molecule has 2 aromatic carbocycles. The van der Waals surface area contributed by atoms with Crippen molar-refractivity contribution in [2.75, 3.05) is 0 Å². The van der Waals surface area contributed by atoms with Crippen molar-refractivity contribution in [3.63, 3.8) is 0 Å². The van der Waals surface area contributed by atoms with Crippen LogP contribution < -0.4 is 4.74 Å². The average Bonchev–Trinajstić information content (AvgIpc) is 2.39. The molecule has 92 valence electrons. The van der Waals surface area contributed by atoms with E-state index in [4.69, 9.17) is 16.3 Å². The Morgan fingerprint density at radius 3 is 2.67 bits per heavy atom. The molecule has 0 fully saturated rings. The Morgan fingerprint density at radius 1 is 1.11 bits per heavy atom. The summed E-state index contributed by atoms with van der Waals surface area (Å²) in [6, 6.07) is 12.2. The highest BCUT2D eigenvalue weighted by Gasteiger charge is 2.21. The molecule has 1 heterocycles. The largest absolute Gasteiger partial charge is 0.485 e. The van der Waals surface area contributed by atoms with Crippen molar-refractivity contribution in [3.05, 3.63) is 64.4 Å². The number of hydrogen-bond donors (Lipinski definition) is 0. The molecule has 0 spiro atoms. The van der Waals surface area contributed by atoms with Crippen LogP contribution in [0.1, 0.15) is 23.7 Å². The molecule has 1 aliphatic rings. The van der Waals surface area contributed by atoms with Crippen LogP contribution in [0.3, 0.4) is 0 Å². The van der Waals surface area contributed by atoms with E-state index in [1.165, 1.54) is 12.1 Å². The minimum atomic E-state index is -0.221. The molecule has 0 aromatic heterocycles. The SMILES string of the molecule is Fc1ccc(C2CCc3cc(Cl)ccc3O2)cc1. The highest BCUT2D eigenvalue weighted by atomic mass is 35.5. The Balaban J connectivity index is 1.86. The first kappa shape index (κ1) is 11.5. The summed E-state index contributed by atoms with van der Waals surface area (Å²) in [6.07, 6.45) is 1.82. The predicted molar refractivity (Wildman–Crippen MR) is 69.5 cm³/mol. The first-order valence-corrected chi connectivity index (χ1v) is 6.31. The van der Waals surface area contributed by atoms with Crippen molar-refractivity contribution >= 4 is 11.6 Å². The number of fused-ring (bicyclic) bond motifs is 1. The molecule has 0 bridgehead atoms. The molecule has 0 saturated heterocycles. The quantitative estimate of drug-likeness (QED) is 0.733. The maximum absolute atomic E-state index is 12.9. The molecule has 1 unspecified atom stereocenters. The minimum absolute atomic E-state index is 0.000671. The Labute approximate surface area is 110 Å². The Bertz CT molecular complexity index is 565. The molecule has 0 N–H and O–H groups in total. The Morgan fingerprint density at radius 2 is 1.89 bits per heavy atom. The maximum atomic E-state index is 12.9. The smallest absolute Gasteiger partial charge is 0.124 e. The van der Waals surface area contributed by atoms with Gasteiger partial charge in [-0.15, -0.1) is 0 Å². The molecule has 1 atom stereocenters. The Kier molecular flexibility index (Phi) is 2.96. The van der Waals surface area contributed by atoms with Crippen molar-refractivity contribution in [1.82, 2.24) is 0 Å². The van der Waals surface area contributed by atoms with E-state index in [9.17, 15) is 4.39 Å². The van der Waals surface area contributed by atoms with Gasteiger partial charge < -0.3 is 4.74 Å². The summed E-state index contributed by atoms with van der Waals surface area (Å²) in [6.45, 7) is 0. The van der Waals surface area contributed by atoms with E-state index in [0.717, 1.165) is 34.7 Å². The number of aryl methyl sites for hydroxylation is 1. The van der Waals surface area contributed by atoms with Crippen LogP contribution in [0.25, 0.3) is 0 Å². The predicted octanol–water partition coefficient (Wildman–Crippen LogP) is 4.55. The molecule has 0 aliphatic carbocycles. The van der Waals surface area contributed by atoms with Crippen molar-refractivity contribution in [1.29, 1.82) is 0 Å². The van der Waals surface area contributed by atoms with E-state index in [1.807, 2.05) is 18.2 Å². The number of halogens is 2. The van der Waals surface area contributed by atoms with Gasteiger partial charge in [0.15, 0.2) is 0 Å². The zero-order valence-corrected chi connectivity index (χ0v) is 10.5. The topological polar surface area (TPSA) is 9.23 Å². The second-order valence-electron chi connectivity index (χ2n) is 4.45. The zero-order chi connectivity index (χ0) is 12.5. The van der Waals surface area contributed by atoms with Crippen molar-refractivity contribution in [2.45, 2.75) is 18.9 Å². The summed E-state index contributed by atoms with van der Waals surface area (Å²) in [5.41, 5.74) is 2.15. The van der Waals surface area contributed by atoms with E-state index in [1.54, 1.807) is 12.1 Å². The third-order valence-corrected chi connectivity index (χ3v) is 3.44. The lowest BCUT2D eigenvalue weighted by atomic mass is 9.97. The highest BCUT2D eigenvalue weighted by Crippen LogP contribution is 2.36. The first-order chi connectivity index (χ1) is 8.72. The van der Waals surface area contributed by atoms with Crippen LogP contribution in [0.5, 0.6) is 5.75 Å². The zero-order valence-electron chi connectivity index (χ0n) is 9.70. The van der Waals surface area contributed by atoms with Gasteiger partial charge in [0, 0.05) is 5.02 Å². The van der Waals surface area contributed by atoms with Gasteiger partial charge in [0.05, 0.1) is 0 Å². The standard InChI is InChI=1S/C15H12ClFO/c16-12-4-8-15-11(9-12)3-7-14(18-15)10-1-5-13(17)6-2-10/h1-2,4-6,8-9,14H,3,7H2. The lowest BCUT2D eigenvalue weighted by Crippen LogP contribution is -2.15. The van der Waals surface area contributed by atoms with E-state index in [0.29, 0.717) is 0 Å². The molecule has 3 heteroatoms. The van der Waals surface area contributed by atoms with E-state index >= 15 is 0 Å². The van der Waals surface area contributed by atoms with Gasteiger partial charge in [-0.2, -0.15) is 0 Å². The van der Waals surface area contributed by atoms with Gasteiger partial charge in [-0.3, -0.25) is 0 Å². The molecule has 1 aliphatic heterocycles. The third-order valence-electron chi connectivity index (χ3n) is 3.21. The molecule has 18 heavy (non-hydrogen) atoms. The van der Waals surface area contributed by atoms with Gasteiger partial charge in [-0.1, -0.05) is 23.7 Å². The first-order valence-electron chi connectivity index (χ1n) is 5.93. The molecule has 0 amide bonds. The van der Waals surface area contributed by atoms with Crippen LogP contribution >= 0.6 is 11.6 Å². The van der Waals surface area contributed by atoms with Crippen LogP contribution in [0.2, 0.25) is 5.02 Å². The van der Waals surface area contributed by atoms with Crippen molar-refractivity contribution < 1.29 is 9.13 Å². The van der Waals surface area contributed by atoms with Crippen LogP contribution in [-0.4, -0.2) is 0 Å².